The molecule has 0 saturated heterocycles. The molecule has 80 valence electrons. The van der Waals surface area contributed by atoms with Crippen LogP contribution in [0, 0.1) is 17.2 Å². The molecule has 1 heterocycles. The van der Waals surface area contributed by atoms with E-state index in [0.29, 0.717) is 5.76 Å². The van der Waals surface area contributed by atoms with Gasteiger partial charge in [0.05, 0.1) is 6.54 Å². The fourth-order valence-electron chi connectivity index (χ4n) is 1.67. The molecule has 0 aliphatic heterocycles. The Labute approximate surface area is 90.1 Å². The van der Waals surface area contributed by atoms with Crippen molar-refractivity contribution in [1.82, 2.24) is 5.32 Å². The van der Waals surface area contributed by atoms with Gasteiger partial charge in [0.1, 0.15) is 11.8 Å². The highest BCUT2D eigenvalue weighted by Gasteiger charge is 2.19. The molecular formula is C12H16N2O. The number of nitrogens with zero attached hydrogens (tertiary/aromatic N) is 1. The molecule has 0 radical (unpaired) electrons. The van der Waals surface area contributed by atoms with Gasteiger partial charge in [-0.15, -0.1) is 0 Å². The van der Waals surface area contributed by atoms with Gasteiger partial charge in [0.15, 0.2) is 0 Å². The van der Waals surface area contributed by atoms with E-state index in [-0.39, 0.29) is 0 Å². The Bertz CT molecular complexity index is 347. The van der Waals surface area contributed by atoms with Gasteiger partial charge in [-0.2, -0.15) is 5.26 Å². The second kappa shape index (κ2) is 4.99. The van der Waals surface area contributed by atoms with Crippen LogP contribution in [0.1, 0.15) is 37.2 Å². The van der Waals surface area contributed by atoms with Crippen molar-refractivity contribution in [3.8, 4) is 6.07 Å². The Balaban J connectivity index is 1.58. The molecule has 1 aliphatic rings. The van der Waals surface area contributed by atoms with Gasteiger partial charge in [0.25, 0.3) is 0 Å². The van der Waals surface area contributed by atoms with Crippen LogP contribution in [0.25, 0.3) is 0 Å². The molecule has 3 heteroatoms. The topological polar surface area (TPSA) is 49.0 Å². The first kappa shape index (κ1) is 10.3. The number of nitriles is 1. The van der Waals surface area contributed by atoms with Crippen LogP contribution in [0.4, 0.5) is 0 Å². The predicted octanol–water partition coefficient (Wildman–Crippen LogP) is 2.43. The quantitative estimate of drug-likeness (QED) is 0.724. The Morgan fingerprint density at radius 3 is 3.00 bits per heavy atom. The smallest absolute Gasteiger partial charge is 0.203 e. The number of furan rings is 1. The number of rotatable bonds is 6. The van der Waals surface area contributed by atoms with Crippen LogP contribution in [-0.2, 0) is 6.54 Å². The van der Waals surface area contributed by atoms with E-state index in [4.69, 9.17) is 9.68 Å². The first-order valence-corrected chi connectivity index (χ1v) is 5.58. The Morgan fingerprint density at radius 1 is 1.47 bits per heavy atom. The Morgan fingerprint density at radius 2 is 2.33 bits per heavy atom. The lowest BCUT2D eigenvalue weighted by Gasteiger charge is -2.01. The van der Waals surface area contributed by atoms with Crippen LogP contribution in [-0.4, -0.2) is 6.54 Å². The minimum Gasteiger partial charge on any atom is -0.449 e. The van der Waals surface area contributed by atoms with Crippen molar-refractivity contribution in [1.29, 1.82) is 5.26 Å². The van der Waals surface area contributed by atoms with Gasteiger partial charge in [-0.25, -0.2) is 0 Å². The molecule has 2 rings (SSSR count). The summed E-state index contributed by atoms with van der Waals surface area (Å²) in [7, 11) is 0. The van der Waals surface area contributed by atoms with Gasteiger partial charge in [-0.05, 0) is 37.4 Å². The third-order valence-corrected chi connectivity index (χ3v) is 2.73. The lowest BCUT2D eigenvalue weighted by Crippen LogP contribution is -2.14. The molecule has 3 nitrogen and oxygen atoms in total. The summed E-state index contributed by atoms with van der Waals surface area (Å²) in [6.07, 6.45) is 5.47. The van der Waals surface area contributed by atoms with Crippen molar-refractivity contribution >= 4 is 0 Å². The fraction of sp³-hybridized carbons (Fsp3) is 0.583. The third kappa shape index (κ3) is 3.41. The van der Waals surface area contributed by atoms with Crippen molar-refractivity contribution in [2.75, 3.05) is 6.54 Å². The molecule has 0 atom stereocenters. The maximum absolute atomic E-state index is 8.56. The highest BCUT2D eigenvalue weighted by molar-refractivity contribution is 5.18. The summed E-state index contributed by atoms with van der Waals surface area (Å²) >= 11 is 0. The summed E-state index contributed by atoms with van der Waals surface area (Å²) in [5.41, 5.74) is 0. The van der Waals surface area contributed by atoms with Crippen molar-refractivity contribution < 1.29 is 4.42 Å². The highest BCUT2D eigenvalue weighted by atomic mass is 16.3. The first-order chi connectivity index (χ1) is 7.38. The van der Waals surface area contributed by atoms with Crippen LogP contribution in [0.5, 0.6) is 0 Å². The number of hydrogen-bond donors (Lipinski definition) is 1. The SMILES string of the molecule is N#Cc1ccc(CNCCCC2CC2)o1. The van der Waals surface area contributed by atoms with Gasteiger partial charge < -0.3 is 9.73 Å². The van der Waals surface area contributed by atoms with Crippen LogP contribution in [0.15, 0.2) is 16.5 Å². The lowest BCUT2D eigenvalue weighted by atomic mass is 10.2. The lowest BCUT2D eigenvalue weighted by molar-refractivity contribution is 0.469. The van der Waals surface area contributed by atoms with Crippen molar-refractivity contribution in [3.05, 3.63) is 23.7 Å². The third-order valence-electron chi connectivity index (χ3n) is 2.73. The maximum atomic E-state index is 8.56. The maximum Gasteiger partial charge on any atom is 0.203 e. The molecule has 1 aromatic heterocycles. The predicted molar refractivity (Wildman–Crippen MR) is 57.1 cm³/mol. The number of hydrogen-bond acceptors (Lipinski definition) is 3. The standard InChI is InChI=1S/C12H16N2O/c13-8-11-5-6-12(15-11)9-14-7-1-2-10-3-4-10/h5-6,10,14H,1-4,7,9H2. The van der Waals surface area contributed by atoms with Gasteiger partial charge in [-0.1, -0.05) is 12.8 Å². The molecule has 1 fully saturated rings. The molecule has 0 bridgehead atoms. The molecule has 0 aromatic carbocycles. The largest absolute Gasteiger partial charge is 0.449 e. The van der Waals surface area contributed by atoms with E-state index in [0.717, 1.165) is 24.8 Å². The minimum absolute atomic E-state index is 0.393. The normalized spacial score (nSPS) is 15.1. The van der Waals surface area contributed by atoms with E-state index >= 15 is 0 Å². The van der Waals surface area contributed by atoms with Crippen LogP contribution >= 0.6 is 0 Å². The molecule has 0 unspecified atom stereocenters. The van der Waals surface area contributed by atoms with Crippen LogP contribution in [0.3, 0.4) is 0 Å². The molecule has 1 N–H and O–H groups in total. The zero-order valence-electron chi connectivity index (χ0n) is 8.83. The van der Waals surface area contributed by atoms with Crippen molar-refractivity contribution in [3.63, 3.8) is 0 Å². The summed E-state index contributed by atoms with van der Waals surface area (Å²) in [4.78, 5) is 0. The zero-order chi connectivity index (χ0) is 10.5. The molecule has 1 aliphatic carbocycles. The molecule has 15 heavy (non-hydrogen) atoms. The molecule has 1 saturated carbocycles. The van der Waals surface area contributed by atoms with E-state index in [1.807, 2.05) is 12.1 Å². The summed E-state index contributed by atoms with van der Waals surface area (Å²) in [5.74, 6) is 2.25. The van der Waals surface area contributed by atoms with Gasteiger partial charge >= 0.3 is 0 Å². The average molecular weight is 204 g/mol. The first-order valence-electron chi connectivity index (χ1n) is 5.58. The van der Waals surface area contributed by atoms with E-state index in [1.54, 1.807) is 6.07 Å². The second-order valence-electron chi connectivity index (χ2n) is 4.14. The Hall–Kier alpha value is -1.27. The van der Waals surface area contributed by atoms with Gasteiger partial charge in [0.2, 0.25) is 5.76 Å². The van der Waals surface area contributed by atoms with Gasteiger partial charge in [0, 0.05) is 0 Å². The summed E-state index contributed by atoms with van der Waals surface area (Å²) in [5, 5.41) is 11.9. The van der Waals surface area contributed by atoms with Crippen molar-refractivity contribution in [2.45, 2.75) is 32.2 Å². The fourth-order valence-corrected chi connectivity index (χ4v) is 1.67. The Kier molecular flexibility index (Phi) is 3.41. The van der Waals surface area contributed by atoms with E-state index in [2.05, 4.69) is 5.32 Å². The van der Waals surface area contributed by atoms with E-state index in [1.165, 1.54) is 25.7 Å². The monoisotopic (exact) mass is 204 g/mol. The van der Waals surface area contributed by atoms with Gasteiger partial charge in [-0.3, -0.25) is 0 Å². The van der Waals surface area contributed by atoms with Crippen LogP contribution in [0.2, 0.25) is 0 Å². The molecular weight excluding hydrogens is 188 g/mol. The molecule has 1 aromatic rings. The molecule has 0 spiro atoms. The van der Waals surface area contributed by atoms with E-state index < -0.39 is 0 Å². The second-order valence-corrected chi connectivity index (χ2v) is 4.14. The number of nitrogens with one attached hydrogen (secondary N) is 1. The van der Waals surface area contributed by atoms with Crippen molar-refractivity contribution in [2.24, 2.45) is 5.92 Å². The highest BCUT2D eigenvalue weighted by Crippen LogP contribution is 2.33. The molecule has 0 amide bonds. The van der Waals surface area contributed by atoms with E-state index in [9.17, 15) is 0 Å². The van der Waals surface area contributed by atoms with Crippen LogP contribution < -0.4 is 5.32 Å². The summed E-state index contributed by atoms with van der Waals surface area (Å²) in [6.45, 7) is 1.77. The average Bonchev–Trinajstić information content (AvgIpc) is 2.96. The summed E-state index contributed by atoms with van der Waals surface area (Å²) < 4.78 is 5.25. The zero-order valence-corrected chi connectivity index (χ0v) is 8.83. The summed E-state index contributed by atoms with van der Waals surface area (Å²) in [6, 6.07) is 5.54. The minimum atomic E-state index is 0.393.